The maximum Gasteiger partial charge on any atom is 0.144 e. The second kappa shape index (κ2) is 3.70. The fourth-order valence-electron chi connectivity index (χ4n) is 1.34. The zero-order valence-corrected chi connectivity index (χ0v) is 7.53. The van der Waals surface area contributed by atoms with E-state index in [1.807, 2.05) is 6.07 Å². The van der Waals surface area contributed by atoms with Crippen molar-refractivity contribution < 1.29 is 0 Å². The molecular formula is C9H14N4. The Morgan fingerprint density at radius 3 is 3.00 bits per heavy atom. The molecule has 1 heterocycles. The van der Waals surface area contributed by atoms with Gasteiger partial charge in [0.2, 0.25) is 0 Å². The van der Waals surface area contributed by atoms with Gasteiger partial charge in [0.15, 0.2) is 0 Å². The van der Waals surface area contributed by atoms with Crippen LogP contribution in [-0.2, 0) is 6.54 Å². The molecule has 0 spiro atoms. The highest BCUT2D eigenvalue weighted by atomic mass is 15.1. The van der Waals surface area contributed by atoms with Crippen molar-refractivity contribution in [2.75, 3.05) is 5.32 Å². The Bertz CT molecular complexity index is 283. The Morgan fingerprint density at radius 1 is 1.54 bits per heavy atom. The first kappa shape index (κ1) is 8.44. The van der Waals surface area contributed by atoms with E-state index in [0.717, 1.165) is 5.82 Å². The summed E-state index contributed by atoms with van der Waals surface area (Å²) in [4.78, 5) is 8.30. The Kier molecular flexibility index (Phi) is 2.40. The summed E-state index contributed by atoms with van der Waals surface area (Å²) in [7, 11) is 0. The Balaban J connectivity index is 2.01. The molecule has 0 aliphatic heterocycles. The Morgan fingerprint density at radius 2 is 2.38 bits per heavy atom. The molecule has 1 aromatic heterocycles. The highest BCUT2D eigenvalue weighted by Gasteiger charge is 2.17. The molecule has 1 aliphatic rings. The third-order valence-electron chi connectivity index (χ3n) is 2.35. The van der Waals surface area contributed by atoms with Gasteiger partial charge in [-0.2, -0.15) is 0 Å². The Labute approximate surface area is 77.6 Å². The topological polar surface area (TPSA) is 63.8 Å². The lowest BCUT2D eigenvalue weighted by atomic mass is 9.93. The van der Waals surface area contributed by atoms with E-state index in [4.69, 9.17) is 5.73 Å². The fourth-order valence-corrected chi connectivity index (χ4v) is 1.34. The molecule has 13 heavy (non-hydrogen) atoms. The largest absolute Gasteiger partial charge is 0.367 e. The van der Waals surface area contributed by atoms with Crippen LogP contribution in [0.25, 0.3) is 0 Å². The summed E-state index contributed by atoms with van der Waals surface area (Å²) in [5.41, 5.74) is 5.44. The van der Waals surface area contributed by atoms with E-state index < -0.39 is 0 Å². The predicted octanol–water partition coefficient (Wildman–Crippen LogP) is 0.900. The van der Waals surface area contributed by atoms with Gasteiger partial charge in [-0.05, 0) is 25.3 Å². The van der Waals surface area contributed by atoms with Crippen molar-refractivity contribution in [2.45, 2.75) is 31.8 Å². The van der Waals surface area contributed by atoms with E-state index in [2.05, 4.69) is 15.3 Å². The van der Waals surface area contributed by atoms with E-state index >= 15 is 0 Å². The molecule has 2 rings (SSSR count). The van der Waals surface area contributed by atoms with Crippen molar-refractivity contribution in [3.05, 3.63) is 18.1 Å². The van der Waals surface area contributed by atoms with Gasteiger partial charge >= 0.3 is 0 Å². The zero-order chi connectivity index (χ0) is 9.10. The van der Waals surface area contributed by atoms with Crippen LogP contribution in [0.4, 0.5) is 5.82 Å². The highest BCUT2D eigenvalue weighted by Crippen LogP contribution is 2.21. The van der Waals surface area contributed by atoms with Gasteiger partial charge in [0.1, 0.15) is 11.6 Å². The van der Waals surface area contributed by atoms with E-state index in [-0.39, 0.29) is 0 Å². The molecular weight excluding hydrogens is 164 g/mol. The number of aromatic nitrogens is 2. The molecule has 0 amide bonds. The summed E-state index contributed by atoms with van der Waals surface area (Å²) in [6, 6.07) is 2.50. The smallest absolute Gasteiger partial charge is 0.144 e. The van der Waals surface area contributed by atoms with Crippen LogP contribution in [0.2, 0.25) is 0 Å². The van der Waals surface area contributed by atoms with Gasteiger partial charge in [-0.25, -0.2) is 9.97 Å². The van der Waals surface area contributed by atoms with Crippen LogP contribution in [-0.4, -0.2) is 16.0 Å². The van der Waals surface area contributed by atoms with Crippen LogP contribution in [0, 0.1) is 0 Å². The van der Waals surface area contributed by atoms with Crippen LogP contribution >= 0.6 is 0 Å². The van der Waals surface area contributed by atoms with Gasteiger partial charge in [0.05, 0.1) is 6.54 Å². The van der Waals surface area contributed by atoms with Gasteiger partial charge in [-0.3, -0.25) is 0 Å². The molecule has 0 radical (unpaired) electrons. The van der Waals surface area contributed by atoms with E-state index in [1.165, 1.54) is 19.3 Å². The van der Waals surface area contributed by atoms with E-state index in [0.29, 0.717) is 18.4 Å². The number of nitrogens with two attached hydrogens (primary N) is 1. The van der Waals surface area contributed by atoms with Gasteiger partial charge in [-0.1, -0.05) is 0 Å². The normalized spacial score (nSPS) is 16.7. The number of nitrogens with zero attached hydrogens (tertiary/aromatic N) is 2. The summed E-state index contributed by atoms with van der Waals surface area (Å²) in [6.07, 6.45) is 5.58. The van der Waals surface area contributed by atoms with Crippen LogP contribution < -0.4 is 11.1 Å². The first-order valence-electron chi connectivity index (χ1n) is 4.67. The molecule has 70 valence electrons. The monoisotopic (exact) mass is 178 g/mol. The van der Waals surface area contributed by atoms with Crippen molar-refractivity contribution in [2.24, 2.45) is 5.73 Å². The lowest BCUT2D eigenvalue weighted by Gasteiger charge is -2.26. The van der Waals surface area contributed by atoms with Crippen molar-refractivity contribution in [1.29, 1.82) is 0 Å². The minimum Gasteiger partial charge on any atom is -0.367 e. The number of rotatable bonds is 3. The first-order chi connectivity index (χ1) is 6.38. The number of hydrogen-bond acceptors (Lipinski definition) is 4. The number of nitrogens with one attached hydrogen (secondary N) is 1. The zero-order valence-electron chi connectivity index (χ0n) is 7.53. The van der Waals surface area contributed by atoms with Crippen molar-refractivity contribution >= 4 is 5.82 Å². The highest BCUT2D eigenvalue weighted by molar-refractivity contribution is 5.34. The summed E-state index contributed by atoms with van der Waals surface area (Å²) < 4.78 is 0. The molecule has 1 aromatic rings. The van der Waals surface area contributed by atoms with Crippen LogP contribution in [0.1, 0.15) is 25.1 Å². The quantitative estimate of drug-likeness (QED) is 0.721. The fraction of sp³-hybridized carbons (Fsp3) is 0.556. The predicted molar refractivity (Wildman–Crippen MR) is 51.2 cm³/mol. The number of hydrogen-bond donors (Lipinski definition) is 2. The van der Waals surface area contributed by atoms with Crippen LogP contribution in [0.5, 0.6) is 0 Å². The van der Waals surface area contributed by atoms with Gasteiger partial charge < -0.3 is 11.1 Å². The maximum atomic E-state index is 5.44. The summed E-state index contributed by atoms with van der Waals surface area (Å²) in [5, 5.41) is 3.35. The SMILES string of the molecule is NCc1nccc(NC2CCC2)n1. The molecule has 1 aliphatic carbocycles. The third-order valence-corrected chi connectivity index (χ3v) is 2.35. The van der Waals surface area contributed by atoms with Gasteiger partial charge in [0.25, 0.3) is 0 Å². The van der Waals surface area contributed by atoms with Crippen molar-refractivity contribution in [3.63, 3.8) is 0 Å². The molecule has 4 heteroatoms. The van der Waals surface area contributed by atoms with Crippen molar-refractivity contribution in [3.8, 4) is 0 Å². The molecule has 1 saturated carbocycles. The molecule has 1 fully saturated rings. The van der Waals surface area contributed by atoms with Crippen LogP contribution in [0.15, 0.2) is 12.3 Å². The number of anilines is 1. The summed E-state index contributed by atoms with van der Waals surface area (Å²) in [5.74, 6) is 1.60. The second-order valence-corrected chi connectivity index (χ2v) is 3.33. The standard InChI is InChI=1S/C9H14N4/c10-6-9-11-5-4-8(13-9)12-7-2-1-3-7/h4-5,7H,1-3,6,10H2,(H,11,12,13). The summed E-state index contributed by atoms with van der Waals surface area (Å²) >= 11 is 0. The van der Waals surface area contributed by atoms with Gasteiger partial charge in [-0.15, -0.1) is 0 Å². The van der Waals surface area contributed by atoms with E-state index in [1.54, 1.807) is 6.20 Å². The van der Waals surface area contributed by atoms with Crippen LogP contribution in [0.3, 0.4) is 0 Å². The third kappa shape index (κ3) is 1.95. The molecule has 0 bridgehead atoms. The minimum atomic E-state index is 0.403. The lowest BCUT2D eigenvalue weighted by Crippen LogP contribution is -2.27. The minimum absolute atomic E-state index is 0.403. The first-order valence-corrected chi connectivity index (χ1v) is 4.67. The molecule has 4 nitrogen and oxygen atoms in total. The molecule has 0 atom stereocenters. The average Bonchev–Trinajstić information content (AvgIpc) is 2.12. The van der Waals surface area contributed by atoms with Crippen molar-refractivity contribution in [1.82, 2.24) is 9.97 Å². The Hall–Kier alpha value is -1.16. The molecule has 0 aromatic carbocycles. The molecule has 3 N–H and O–H groups in total. The maximum absolute atomic E-state index is 5.44. The van der Waals surface area contributed by atoms with E-state index in [9.17, 15) is 0 Å². The molecule has 0 unspecified atom stereocenters. The van der Waals surface area contributed by atoms with Gasteiger partial charge in [0, 0.05) is 12.2 Å². The summed E-state index contributed by atoms with van der Waals surface area (Å²) in [6.45, 7) is 0.403. The lowest BCUT2D eigenvalue weighted by molar-refractivity contribution is 0.444. The molecule has 0 saturated heterocycles. The average molecular weight is 178 g/mol. The second-order valence-electron chi connectivity index (χ2n) is 3.33.